The van der Waals surface area contributed by atoms with Crippen molar-refractivity contribution < 1.29 is 19.8 Å². The van der Waals surface area contributed by atoms with Crippen LogP contribution in [0.3, 0.4) is 0 Å². The number of carboxylic acid groups (broad SMARTS) is 1. The number of nitrogens with one attached hydrogen (secondary N) is 1. The van der Waals surface area contributed by atoms with Gasteiger partial charge in [0.05, 0.1) is 0 Å². The number of hydrogen-bond acceptors (Lipinski definition) is 5. The van der Waals surface area contributed by atoms with Crippen LogP contribution in [0.25, 0.3) is 0 Å². The van der Waals surface area contributed by atoms with Crippen molar-refractivity contribution in [3.63, 3.8) is 0 Å². The molecule has 0 radical (unpaired) electrons. The maximum absolute atomic E-state index is 11.8. The van der Waals surface area contributed by atoms with Gasteiger partial charge in [-0.3, -0.25) is 9.36 Å². The Bertz CT molecular complexity index is 753. The number of carboxylic acids is 1. The Labute approximate surface area is 118 Å². The van der Waals surface area contributed by atoms with Gasteiger partial charge in [-0.1, -0.05) is 0 Å². The monoisotopic (exact) mass is 289 g/mol. The summed E-state index contributed by atoms with van der Waals surface area (Å²) in [5.74, 6) is -2.23. The minimum Gasteiger partial charge on any atom is -0.507 e. The topological polar surface area (TPSA) is 122 Å². The average Bonchev–Trinajstić information content (AvgIpc) is 2.43. The van der Waals surface area contributed by atoms with E-state index in [0.29, 0.717) is 0 Å². The number of carbonyl (C=O) groups is 2. The van der Waals surface area contributed by atoms with Gasteiger partial charge in [0.2, 0.25) is 5.91 Å². The Morgan fingerprint density at radius 2 is 2.10 bits per heavy atom. The number of carbonyl (C=O) groups excluding carboxylic acids is 1. The van der Waals surface area contributed by atoms with Gasteiger partial charge in [0.25, 0.3) is 0 Å². The van der Waals surface area contributed by atoms with Crippen LogP contribution in [0, 0.1) is 0 Å². The molecule has 0 saturated heterocycles. The van der Waals surface area contributed by atoms with E-state index in [1.165, 1.54) is 24.5 Å². The molecular weight excluding hydrogens is 278 g/mol. The van der Waals surface area contributed by atoms with Gasteiger partial charge in [0.15, 0.2) is 0 Å². The molecule has 108 valence electrons. The van der Waals surface area contributed by atoms with Crippen molar-refractivity contribution in [3.8, 4) is 5.75 Å². The molecular formula is C13H11N3O5. The highest BCUT2D eigenvalue weighted by molar-refractivity contribution is 5.95. The zero-order valence-corrected chi connectivity index (χ0v) is 10.7. The number of anilines is 1. The molecule has 0 aliphatic heterocycles. The molecule has 1 aromatic heterocycles. The molecule has 0 unspecified atom stereocenters. The highest BCUT2D eigenvalue weighted by Gasteiger charge is 2.12. The van der Waals surface area contributed by atoms with Gasteiger partial charge in [0.1, 0.15) is 17.9 Å². The van der Waals surface area contributed by atoms with E-state index in [0.717, 1.165) is 16.7 Å². The smallest absolute Gasteiger partial charge is 0.347 e. The maximum Gasteiger partial charge on any atom is 0.347 e. The minimum absolute atomic E-state index is 0.201. The van der Waals surface area contributed by atoms with Gasteiger partial charge in [0, 0.05) is 18.1 Å². The van der Waals surface area contributed by atoms with Crippen LogP contribution in [0.2, 0.25) is 0 Å². The van der Waals surface area contributed by atoms with Gasteiger partial charge in [-0.15, -0.1) is 0 Å². The molecule has 2 rings (SSSR count). The van der Waals surface area contributed by atoms with E-state index in [1.807, 2.05) is 0 Å². The summed E-state index contributed by atoms with van der Waals surface area (Å²) in [6.45, 7) is -0.254. The summed E-state index contributed by atoms with van der Waals surface area (Å²) in [4.78, 5) is 37.5. The second-order valence-corrected chi connectivity index (χ2v) is 4.12. The summed E-state index contributed by atoms with van der Waals surface area (Å²) in [7, 11) is 0. The molecule has 0 aliphatic carbocycles. The Kier molecular flexibility index (Phi) is 3.98. The number of aromatic nitrogens is 2. The molecule has 8 nitrogen and oxygen atoms in total. The minimum atomic E-state index is -1.31. The van der Waals surface area contributed by atoms with Crippen molar-refractivity contribution in [2.24, 2.45) is 0 Å². The molecule has 8 heteroatoms. The molecule has 0 bridgehead atoms. The first kappa shape index (κ1) is 14.3. The summed E-state index contributed by atoms with van der Waals surface area (Å²) in [6, 6.07) is 5.15. The zero-order valence-electron chi connectivity index (χ0n) is 10.7. The number of phenols is 1. The van der Waals surface area contributed by atoms with Gasteiger partial charge >= 0.3 is 11.7 Å². The lowest BCUT2D eigenvalue weighted by Crippen LogP contribution is -2.28. The van der Waals surface area contributed by atoms with E-state index < -0.39 is 23.3 Å². The average molecular weight is 289 g/mol. The van der Waals surface area contributed by atoms with Crippen molar-refractivity contribution in [1.82, 2.24) is 9.55 Å². The van der Waals surface area contributed by atoms with Crippen LogP contribution in [0.15, 0.2) is 41.5 Å². The molecule has 2 aromatic rings. The first-order valence-corrected chi connectivity index (χ1v) is 5.85. The lowest BCUT2D eigenvalue weighted by atomic mass is 10.2. The van der Waals surface area contributed by atoms with Gasteiger partial charge in [-0.25, -0.2) is 14.6 Å². The third-order valence-corrected chi connectivity index (χ3v) is 2.61. The summed E-state index contributed by atoms with van der Waals surface area (Å²) in [5, 5.41) is 20.7. The van der Waals surface area contributed by atoms with Crippen LogP contribution >= 0.6 is 0 Å². The highest BCUT2D eigenvalue weighted by atomic mass is 16.4. The predicted molar refractivity (Wildman–Crippen MR) is 72.2 cm³/mol. The van der Waals surface area contributed by atoms with Gasteiger partial charge < -0.3 is 15.5 Å². The highest BCUT2D eigenvalue weighted by Crippen LogP contribution is 2.21. The Balaban J connectivity index is 2.13. The first-order chi connectivity index (χ1) is 9.97. The van der Waals surface area contributed by atoms with Crippen LogP contribution in [0.1, 0.15) is 10.4 Å². The number of amides is 1. The van der Waals surface area contributed by atoms with E-state index in [-0.39, 0.29) is 17.8 Å². The van der Waals surface area contributed by atoms with Crippen LogP contribution < -0.4 is 11.0 Å². The Morgan fingerprint density at radius 3 is 2.76 bits per heavy atom. The molecule has 0 fully saturated rings. The fourth-order valence-electron chi connectivity index (χ4n) is 1.65. The van der Waals surface area contributed by atoms with Crippen LogP contribution in [-0.2, 0) is 11.3 Å². The van der Waals surface area contributed by atoms with Crippen LogP contribution in [0.4, 0.5) is 5.69 Å². The summed E-state index contributed by atoms with van der Waals surface area (Å²) >= 11 is 0. The lowest BCUT2D eigenvalue weighted by Gasteiger charge is -2.08. The second-order valence-electron chi connectivity index (χ2n) is 4.12. The van der Waals surface area contributed by atoms with E-state index in [1.54, 1.807) is 0 Å². The number of aromatic hydroxyl groups is 1. The van der Waals surface area contributed by atoms with Gasteiger partial charge in [-0.2, -0.15) is 0 Å². The van der Waals surface area contributed by atoms with E-state index >= 15 is 0 Å². The van der Waals surface area contributed by atoms with Crippen molar-refractivity contribution in [2.45, 2.75) is 6.54 Å². The maximum atomic E-state index is 11.8. The standard InChI is InChI=1S/C13H11N3O5/c17-10-3-2-8(6-9(10)12(19)20)15-11(18)7-16-5-1-4-14-13(16)21/h1-6,17H,7H2,(H,15,18)(H,19,20). The molecule has 0 saturated carbocycles. The molecule has 0 atom stereocenters. The van der Waals surface area contributed by atoms with E-state index in [2.05, 4.69) is 10.3 Å². The number of benzene rings is 1. The van der Waals surface area contributed by atoms with Crippen LogP contribution in [0.5, 0.6) is 5.75 Å². The van der Waals surface area contributed by atoms with Crippen molar-refractivity contribution in [1.29, 1.82) is 0 Å². The SMILES string of the molecule is O=C(Cn1cccnc1=O)Nc1ccc(O)c(C(=O)O)c1. The van der Waals surface area contributed by atoms with Crippen molar-refractivity contribution in [3.05, 3.63) is 52.7 Å². The van der Waals surface area contributed by atoms with Gasteiger partial charge in [-0.05, 0) is 24.3 Å². The normalized spacial score (nSPS) is 10.1. The molecule has 1 heterocycles. The quantitative estimate of drug-likeness (QED) is 0.695. The van der Waals surface area contributed by atoms with E-state index in [9.17, 15) is 19.5 Å². The first-order valence-electron chi connectivity index (χ1n) is 5.85. The van der Waals surface area contributed by atoms with E-state index in [4.69, 9.17) is 5.11 Å². The third-order valence-electron chi connectivity index (χ3n) is 2.61. The predicted octanol–water partition coefficient (Wildman–Crippen LogP) is 0.286. The largest absolute Gasteiger partial charge is 0.507 e. The number of nitrogens with zero attached hydrogens (tertiary/aromatic N) is 2. The summed E-state index contributed by atoms with van der Waals surface area (Å²) in [5.41, 5.74) is -0.692. The fraction of sp³-hybridized carbons (Fsp3) is 0.0769. The molecule has 1 amide bonds. The Morgan fingerprint density at radius 1 is 1.33 bits per heavy atom. The molecule has 3 N–H and O–H groups in total. The number of rotatable bonds is 4. The third kappa shape index (κ3) is 3.44. The van der Waals surface area contributed by atoms with Crippen molar-refractivity contribution >= 4 is 17.6 Å². The summed E-state index contributed by atoms with van der Waals surface area (Å²) in [6.07, 6.45) is 2.73. The fourth-order valence-corrected chi connectivity index (χ4v) is 1.65. The van der Waals surface area contributed by atoms with Crippen molar-refractivity contribution in [2.75, 3.05) is 5.32 Å². The Hall–Kier alpha value is -3.16. The number of aromatic carboxylic acids is 1. The molecule has 0 spiro atoms. The summed E-state index contributed by atoms with van der Waals surface area (Å²) < 4.78 is 1.11. The lowest BCUT2D eigenvalue weighted by molar-refractivity contribution is -0.116. The molecule has 21 heavy (non-hydrogen) atoms. The molecule has 0 aliphatic rings. The zero-order chi connectivity index (χ0) is 15.4. The molecule has 1 aromatic carbocycles. The number of hydrogen-bond donors (Lipinski definition) is 3. The second kappa shape index (κ2) is 5.87. The van der Waals surface area contributed by atoms with Crippen LogP contribution in [-0.4, -0.2) is 31.6 Å².